The van der Waals surface area contributed by atoms with E-state index in [1.54, 1.807) is 12.1 Å². The van der Waals surface area contributed by atoms with Gasteiger partial charge in [-0.2, -0.15) is 0 Å². The second-order valence-electron chi connectivity index (χ2n) is 8.83. The van der Waals surface area contributed by atoms with Crippen molar-refractivity contribution in [2.75, 3.05) is 38.1 Å². The van der Waals surface area contributed by atoms with Crippen molar-refractivity contribution < 1.29 is 19.0 Å². The number of aliphatic hydroxyl groups is 1. The zero-order valence-electron chi connectivity index (χ0n) is 19.1. The number of amides is 1. The first-order chi connectivity index (χ1) is 17.0. The van der Waals surface area contributed by atoms with E-state index >= 15 is 0 Å². The second kappa shape index (κ2) is 10.1. The van der Waals surface area contributed by atoms with E-state index in [0.29, 0.717) is 55.2 Å². The fourth-order valence-electron chi connectivity index (χ4n) is 4.58. The van der Waals surface area contributed by atoms with Crippen LogP contribution in [0.3, 0.4) is 0 Å². The topological polar surface area (TPSA) is 122 Å². The molecule has 0 bridgehead atoms. The summed E-state index contributed by atoms with van der Waals surface area (Å²) in [4.78, 5) is 34.4. The molecule has 1 saturated heterocycles. The first-order valence-electron chi connectivity index (χ1n) is 11.7. The lowest BCUT2D eigenvalue weighted by Gasteiger charge is -2.36. The number of carbonyl (C=O) groups is 1. The molecule has 0 spiro atoms. The van der Waals surface area contributed by atoms with E-state index in [1.165, 1.54) is 16.7 Å². The predicted octanol–water partition coefficient (Wildman–Crippen LogP) is 0.529. The maximum Gasteiger partial charge on any atom is 0.263 e. The molecule has 5 rings (SSSR count). The Labute approximate surface area is 200 Å². The molecule has 11 heteroatoms. The van der Waals surface area contributed by atoms with Gasteiger partial charge in [0.25, 0.3) is 11.5 Å². The Hall–Kier alpha value is -3.41. The number of rotatable bonds is 7. The summed E-state index contributed by atoms with van der Waals surface area (Å²) in [6.45, 7) is 2.82. The number of hydrogen-bond donors (Lipinski definition) is 3. The summed E-state index contributed by atoms with van der Waals surface area (Å²) in [5.74, 6) is 0.305. The van der Waals surface area contributed by atoms with Crippen LogP contribution in [0.1, 0.15) is 12.1 Å². The molecule has 0 unspecified atom stereocenters. The summed E-state index contributed by atoms with van der Waals surface area (Å²) in [6, 6.07) is 7.98. The van der Waals surface area contributed by atoms with E-state index in [9.17, 15) is 19.1 Å². The lowest BCUT2D eigenvalue weighted by molar-refractivity contribution is -0.118. The van der Waals surface area contributed by atoms with Gasteiger partial charge in [0, 0.05) is 56.5 Å². The first kappa shape index (κ1) is 23.3. The van der Waals surface area contributed by atoms with E-state index in [2.05, 4.69) is 25.5 Å². The number of ether oxygens (including phenoxy) is 1. The standard InChI is InChI=1S/C24H27FN6O4/c25-15-11-19-17(27-12-15)2-4-23(34)31(19)10-9-30-8-6-18(20(32)13-30)26-7-5-16-1-3-21-24(28-16)29-22(33)14-35-21/h1-4,11-12,18,20,26,32H,5-10,13-14H2,(H,28,29,33)/t18-,20+/m0/s1. The Kier molecular flexibility index (Phi) is 6.71. The minimum Gasteiger partial charge on any atom is -0.480 e. The van der Waals surface area contributed by atoms with Crippen molar-refractivity contribution >= 4 is 22.8 Å². The van der Waals surface area contributed by atoms with Crippen molar-refractivity contribution in [1.29, 1.82) is 0 Å². The van der Waals surface area contributed by atoms with E-state index in [4.69, 9.17) is 4.74 Å². The van der Waals surface area contributed by atoms with Crippen molar-refractivity contribution in [1.82, 2.24) is 24.8 Å². The van der Waals surface area contributed by atoms with Crippen LogP contribution in [0.4, 0.5) is 10.2 Å². The number of nitrogens with zero attached hydrogens (tertiary/aromatic N) is 4. The molecule has 5 heterocycles. The number of anilines is 1. The fourth-order valence-corrected chi connectivity index (χ4v) is 4.58. The van der Waals surface area contributed by atoms with Gasteiger partial charge in [0.2, 0.25) is 0 Å². The number of hydrogen-bond acceptors (Lipinski definition) is 8. The maximum atomic E-state index is 13.7. The van der Waals surface area contributed by atoms with Crippen molar-refractivity contribution in [3.63, 3.8) is 0 Å². The SMILES string of the molecule is O=C1COc2ccc(CCN[C@H]3CCN(CCn4c(=O)ccc5ncc(F)cc54)C[C@H]3O)nc2N1. The van der Waals surface area contributed by atoms with Crippen molar-refractivity contribution in [3.8, 4) is 5.75 Å². The van der Waals surface area contributed by atoms with E-state index in [1.807, 2.05) is 6.07 Å². The molecule has 0 aromatic carbocycles. The predicted molar refractivity (Wildman–Crippen MR) is 127 cm³/mol. The molecule has 0 saturated carbocycles. The van der Waals surface area contributed by atoms with Crippen LogP contribution in [0.25, 0.3) is 11.0 Å². The van der Waals surface area contributed by atoms with Gasteiger partial charge in [-0.25, -0.2) is 9.37 Å². The molecule has 0 aliphatic carbocycles. The maximum absolute atomic E-state index is 13.7. The van der Waals surface area contributed by atoms with Crippen LogP contribution < -0.4 is 20.9 Å². The zero-order valence-corrected chi connectivity index (χ0v) is 19.1. The molecular formula is C24H27FN6O4. The van der Waals surface area contributed by atoms with Gasteiger partial charge in [-0.05, 0) is 31.2 Å². The number of fused-ring (bicyclic) bond motifs is 2. The lowest BCUT2D eigenvalue weighted by atomic mass is 10.0. The van der Waals surface area contributed by atoms with Crippen molar-refractivity contribution in [2.45, 2.75) is 31.5 Å². The average Bonchev–Trinajstić information content (AvgIpc) is 2.84. The van der Waals surface area contributed by atoms with Crippen LogP contribution in [0, 0.1) is 5.82 Å². The molecular weight excluding hydrogens is 455 g/mol. The van der Waals surface area contributed by atoms with Crippen LogP contribution in [0.2, 0.25) is 0 Å². The van der Waals surface area contributed by atoms with Crippen molar-refractivity contribution in [2.24, 2.45) is 0 Å². The molecule has 10 nitrogen and oxygen atoms in total. The summed E-state index contributed by atoms with van der Waals surface area (Å²) in [5, 5.41) is 16.8. The third-order valence-electron chi connectivity index (χ3n) is 6.43. The molecule has 2 aliphatic heterocycles. The van der Waals surface area contributed by atoms with Gasteiger partial charge >= 0.3 is 0 Å². The zero-order chi connectivity index (χ0) is 24.4. The number of likely N-dealkylation sites (tertiary alicyclic amines) is 1. The molecule has 3 aromatic rings. The van der Waals surface area contributed by atoms with Gasteiger partial charge in [-0.1, -0.05) is 0 Å². The summed E-state index contributed by atoms with van der Waals surface area (Å²) >= 11 is 0. The quantitative estimate of drug-likeness (QED) is 0.446. The normalized spacial score (nSPS) is 20.3. The number of aliphatic hydroxyl groups excluding tert-OH is 1. The monoisotopic (exact) mass is 482 g/mol. The highest BCUT2D eigenvalue weighted by Gasteiger charge is 2.27. The van der Waals surface area contributed by atoms with Crippen LogP contribution in [0.15, 0.2) is 41.3 Å². The highest BCUT2D eigenvalue weighted by molar-refractivity contribution is 5.94. The fraction of sp³-hybridized carbons (Fsp3) is 0.417. The van der Waals surface area contributed by atoms with Crippen LogP contribution in [0.5, 0.6) is 5.75 Å². The van der Waals surface area contributed by atoms with E-state index < -0.39 is 11.9 Å². The Balaban J connectivity index is 1.12. The summed E-state index contributed by atoms with van der Waals surface area (Å²) in [7, 11) is 0. The number of halogens is 1. The highest BCUT2D eigenvalue weighted by Crippen LogP contribution is 2.25. The van der Waals surface area contributed by atoms with Crippen LogP contribution in [-0.4, -0.2) is 75.4 Å². The third-order valence-corrected chi connectivity index (χ3v) is 6.43. The number of aromatic nitrogens is 3. The average molecular weight is 483 g/mol. The molecule has 3 aromatic heterocycles. The third kappa shape index (κ3) is 5.31. The van der Waals surface area contributed by atoms with Crippen molar-refractivity contribution in [3.05, 3.63) is 58.4 Å². The van der Waals surface area contributed by atoms with E-state index in [-0.39, 0.29) is 24.1 Å². The van der Waals surface area contributed by atoms with Gasteiger partial charge in [-0.3, -0.25) is 19.5 Å². The molecule has 184 valence electrons. The number of piperidine rings is 1. The summed E-state index contributed by atoms with van der Waals surface area (Å²) in [6.07, 6.45) is 1.98. The van der Waals surface area contributed by atoms with Gasteiger partial charge in [0.1, 0.15) is 5.82 Å². The van der Waals surface area contributed by atoms with Crippen LogP contribution >= 0.6 is 0 Å². The van der Waals surface area contributed by atoms with Gasteiger partial charge < -0.3 is 25.0 Å². The summed E-state index contributed by atoms with van der Waals surface area (Å²) < 4.78 is 20.5. The molecule has 2 atom stereocenters. The van der Waals surface area contributed by atoms with Gasteiger partial charge in [-0.15, -0.1) is 0 Å². The molecule has 0 radical (unpaired) electrons. The van der Waals surface area contributed by atoms with Crippen LogP contribution in [-0.2, 0) is 17.8 Å². The van der Waals surface area contributed by atoms with Gasteiger partial charge in [0.05, 0.1) is 23.3 Å². The Morgan fingerprint density at radius 1 is 1.23 bits per heavy atom. The Morgan fingerprint density at radius 2 is 2.11 bits per heavy atom. The molecule has 35 heavy (non-hydrogen) atoms. The minimum atomic E-state index is -0.559. The molecule has 1 fully saturated rings. The molecule has 3 N–H and O–H groups in total. The largest absolute Gasteiger partial charge is 0.480 e. The Morgan fingerprint density at radius 3 is 2.97 bits per heavy atom. The molecule has 1 amide bonds. The lowest BCUT2D eigenvalue weighted by Crippen LogP contribution is -2.53. The molecule has 2 aliphatic rings. The minimum absolute atomic E-state index is 0.000602. The number of β-amino-alcohol motifs (C(OH)–C–C–N with tert-alkyl or cyclic N) is 1. The number of pyridine rings is 3. The highest BCUT2D eigenvalue weighted by atomic mass is 19.1. The van der Waals surface area contributed by atoms with E-state index in [0.717, 1.165) is 24.9 Å². The second-order valence-corrected chi connectivity index (χ2v) is 8.83. The smallest absolute Gasteiger partial charge is 0.263 e. The number of carbonyl (C=O) groups excluding carboxylic acids is 1. The van der Waals surface area contributed by atoms with Gasteiger partial charge in [0.15, 0.2) is 18.2 Å². The summed E-state index contributed by atoms with van der Waals surface area (Å²) in [5.41, 5.74) is 1.65. The first-order valence-corrected chi connectivity index (χ1v) is 11.7. The Bertz CT molecular complexity index is 1300. The number of nitrogens with one attached hydrogen (secondary N) is 2.